The van der Waals surface area contributed by atoms with Crippen LogP contribution in [0.1, 0.15) is 34.5 Å². The van der Waals surface area contributed by atoms with Gasteiger partial charge in [0.2, 0.25) is 0 Å². The first-order valence-electron chi connectivity index (χ1n) is 11.6. The number of benzene rings is 2. The molecule has 8 nitrogen and oxygen atoms in total. The second kappa shape index (κ2) is 14.2. The van der Waals surface area contributed by atoms with Gasteiger partial charge in [-0.05, 0) is 67.3 Å². The minimum absolute atomic E-state index is 0. The summed E-state index contributed by atoms with van der Waals surface area (Å²) in [6, 6.07) is 17.7. The number of carboxylic acid groups (broad SMARTS) is 1. The minimum atomic E-state index is -1.12. The van der Waals surface area contributed by atoms with Crippen molar-refractivity contribution >= 4 is 46.9 Å². The van der Waals surface area contributed by atoms with Gasteiger partial charge in [-0.25, -0.2) is 4.79 Å². The van der Waals surface area contributed by atoms with E-state index in [1.165, 1.54) is 11.8 Å². The summed E-state index contributed by atoms with van der Waals surface area (Å²) in [5.74, 6) is -0.220. The van der Waals surface area contributed by atoms with Crippen LogP contribution in [0.15, 0.2) is 60.8 Å². The van der Waals surface area contributed by atoms with Gasteiger partial charge in [0.1, 0.15) is 5.75 Å². The third-order valence-electron chi connectivity index (χ3n) is 5.73. The van der Waals surface area contributed by atoms with Crippen LogP contribution in [-0.2, 0) is 11.2 Å². The van der Waals surface area contributed by atoms with Crippen molar-refractivity contribution in [3.8, 4) is 5.75 Å². The van der Waals surface area contributed by atoms with Gasteiger partial charge in [-0.2, -0.15) is 5.10 Å². The van der Waals surface area contributed by atoms with Crippen LogP contribution >= 0.6 is 0 Å². The van der Waals surface area contributed by atoms with Gasteiger partial charge >= 0.3 is 35.5 Å². The van der Waals surface area contributed by atoms with Crippen molar-refractivity contribution in [3.05, 3.63) is 77.6 Å². The van der Waals surface area contributed by atoms with E-state index < -0.39 is 5.97 Å². The summed E-state index contributed by atoms with van der Waals surface area (Å²) >= 11 is 0. The quantitative estimate of drug-likeness (QED) is 0.315. The Hall–Kier alpha value is -2.49. The molecule has 0 spiro atoms. The fourth-order valence-electron chi connectivity index (χ4n) is 3.84. The van der Waals surface area contributed by atoms with E-state index in [9.17, 15) is 9.90 Å². The SMILES string of the molecule is O=C(O)c1nnccc1Nc1ccc(Cc2ccc(OCCCCN3CCOCC3)cc2)cc1.[NaH]. The van der Waals surface area contributed by atoms with Gasteiger partial charge in [0, 0.05) is 18.8 Å². The summed E-state index contributed by atoms with van der Waals surface area (Å²) < 4.78 is 11.3. The van der Waals surface area contributed by atoms with E-state index in [0.29, 0.717) is 5.69 Å². The van der Waals surface area contributed by atoms with E-state index in [0.717, 1.165) is 75.7 Å². The fourth-order valence-corrected chi connectivity index (χ4v) is 3.84. The first kappa shape index (κ1) is 27.1. The molecule has 180 valence electrons. The number of unbranched alkanes of at least 4 members (excludes halogenated alkanes) is 1. The number of morpholine rings is 1. The number of rotatable bonds is 11. The topological polar surface area (TPSA) is 96.8 Å². The van der Waals surface area contributed by atoms with E-state index in [1.54, 1.807) is 6.07 Å². The average Bonchev–Trinajstić information content (AvgIpc) is 2.87. The second-order valence-electron chi connectivity index (χ2n) is 8.25. The summed E-state index contributed by atoms with van der Waals surface area (Å²) in [5.41, 5.74) is 3.45. The Labute approximate surface area is 228 Å². The predicted octanol–water partition coefficient (Wildman–Crippen LogP) is 3.35. The number of carbonyl (C=O) groups is 1. The molecular weight excluding hydrogens is 455 g/mol. The molecular formula is C26H31N4NaO4. The number of carboxylic acids is 1. The normalized spacial score (nSPS) is 13.6. The fraction of sp³-hybridized carbons (Fsp3) is 0.346. The molecule has 1 aliphatic rings. The van der Waals surface area contributed by atoms with Gasteiger partial charge in [-0.15, -0.1) is 5.10 Å². The molecule has 0 saturated carbocycles. The van der Waals surface area contributed by atoms with Crippen molar-refractivity contribution in [2.24, 2.45) is 0 Å². The molecule has 0 amide bonds. The number of nitrogens with zero attached hydrogens (tertiary/aromatic N) is 3. The molecule has 4 rings (SSSR count). The van der Waals surface area contributed by atoms with Crippen LogP contribution in [0.2, 0.25) is 0 Å². The van der Waals surface area contributed by atoms with Crippen molar-refractivity contribution < 1.29 is 19.4 Å². The molecule has 1 fully saturated rings. The number of hydrogen-bond acceptors (Lipinski definition) is 7. The van der Waals surface area contributed by atoms with Gasteiger partial charge in [-0.3, -0.25) is 4.90 Å². The van der Waals surface area contributed by atoms with Crippen LogP contribution in [0.4, 0.5) is 11.4 Å². The average molecular weight is 487 g/mol. The number of aromatic carboxylic acids is 1. The maximum atomic E-state index is 11.3. The van der Waals surface area contributed by atoms with Crippen molar-refractivity contribution in [1.29, 1.82) is 0 Å². The summed E-state index contributed by atoms with van der Waals surface area (Å²) in [7, 11) is 0. The number of anilines is 2. The molecule has 0 unspecified atom stereocenters. The number of hydrogen-bond donors (Lipinski definition) is 2. The third kappa shape index (κ3) is 8.59. The molecule has 0 atom stereocenters. The van der Waals surface area contributed by atoms with Crippen LogP contribution in [0.3, 0.4) is 0 Å². The zero-order chi connectivity index (χ0) is 23.6. The van der Waals surface area contributed by atoms with E-state index in [1.807, 2.05) is 36.4 Å². The molecule has 1 aliphatic heterocycles. The molecule has 1 saturated heterocycles. The summed E-state index contributed by atoms with van der Waals surface area (Å²) in [4.78, 5) is 13.7. The van der Waals surface area contributed by atoms with Crippen LogP contribution in [-0.4, -0.2) is 95.2 Å². The molecule has 0 bridgehead atoms. The van der Waals surface area contributed by atoms with Crippen LogP contribution < -0.4 is 10.1 Å². The Kier molecular flexibility index (Phi) is 11.0. The first-order valence-corrected chi connectivity index (χ1v) is 11.6. The molecule has 0 radical (unpaired) electrons. The van der Waals surface area contributed by atoms with E-state index in [2.05, 4.69) is 32.5 Å². The van der Waals surface area contributed by atoms with Gasteiger partial charge in [0.05, 0.1) is 31.7 Å². The Morgan fingerprint density at radius 3 is 2.37 bits per heavy atom. The maximum absolute atomic E-state index is 11.3. The molecule has 9 heteroatoms. The monoisotopic (exact) mass is 486 g/mol. The summed E-state index contributed by atoms with van der Waals surface area (Å²) in [5, 5.41) is 19.6. The molecule has 2 heterocycles. The predicted molar refractivity (Wildman–Crippen MR) is 137 cm³/mol. The standard InChI is InChI=1S/C26H30N4O4.Na.H/c31-26(32)25-24(11-12-27-29-25)28-22-7-3-20(4-8-22)19-21-5-9-23(10-6-21)34-16-2-1-13-30-14-17-33-18-15-30;;/h3-12H,1-2,13-19H2,(H,27,28)(H,31,32);;. The van der Waals surface area contributed by atoms with Crippen LogP contribution in [0, 0.1) is 0 Å². The van der Waals surface area contributed by atoms with Crippen molar-refractivity contribution in [3.63, 3.8) is 0 Å². The zero-order valence-corrected chi connectivity index (χ0v) is 19.2. The molecule has 2 N–H and O–H groups in total. The Bertz CT molecular complexity index is 1060. The molecule has 3 aromatic rings. The van der Waals surface area contributed by atoms with Gasteiger partial charge < -0.3 is 19.9 Å². The second-order valence-corrected chi connectivity index (χ2v) is 8.25. The molecule has 35 heavy (non-hydrogen) atoms. The Balaban J connectivity index is 0.00000342. The summed E-state index contributed by atoms with van der Waals surface area (Å²) in [6.45, 7) is 5.61. The third-order valence-corrected chi connectivity index (χ3v) is 5.73. The Morgan fingerprint density at radius 1 is 1.00 bits per heavy atom. The van der Waals surface area contributed by atoms with Crippen LogP contribution in [0.5, 0.6) is 5.75 Å². The van der Waals surface area contributed by atoms with Crippen molar-refractivity contribution in [1.82, 2.24) is 15.1 Å². The van der Waals surface area contributed by atoms with Gasteiger partial charge in [0.25, 0.3) is 0 Å². The number of nitrogens with one attached hydrogen (secondary N) is 1. The van der Waals surface area contributed by atoms with E-state index >= 15 is 0 Å². The van der Waals surface area contributed by atoms with Crippen molar-refractivity contribution in [2.45, 2.75) is 19.3 Å². The Morgan fingerprint density at radius 2 is 1.69 bits per heavy atom. The molecule has 0 aliphatic carbocycles. The van der Waals surface area contributed by atoms with Crippen LogP contribution in [0.25, 0.3) is 0 Å². The van der Waals surface area contributed by atoms with Gasteiger partial charge in [0.15, 0.2) is 5.69 Å². The van der Waals surface area contributed by atoms with Crippen molar-refractivity contribution in [2.75, 3.05) is 44.8 Å². The van der Waals surface area contributed by atoms with E-state index in [4.69, 9.17) is 9.47 Å². The number of ether oxygens (including phenoxy) is 2. The molecule has 2 aromatic carbocycles. The first-order chi connectivity index (χ1) is 16.7. The summed E-state index contributed by atoms with van der Waals surface area (Å²) in [6.07, 6.45) is 4.44. The van der Waals surface area contributed by atoms with Gasteiger partial charge in [-0.1, -0.05) is 24.3 Å². The zero-order valence-electron chi connectivity index (χ0n) is 19.2. The molecule has 1 aromatic heterocycles. The number of aromatic nitrogens is 2. The van der Waals surface area contributed by atoms with E-state index in [-0.39, 0.29) is 35.3 Å².